The molecule has 0 radical (unpaired) electrons. The highest BCUT2D eigenvalue weighted by Gasteiger charge is 2.19. The molecule has 37 heavy (non-hydrogen) atoms. The molecule has 0 fully saturated rings. The molecule has 1 unspecified atom stereocenters. The number of rotatable bonds is 9. The normalized spacial score (nSPS) is 15.4. The molecule has 1 aliphatic rings. The average molecular weight is 539 g/mol. The van der Waals surface area contributed by atoms with Gasteiger partial charge in [0.05, 0.1) is 18.4 Å². The van der Waals surface area contributed by atoms with Crippen molar-refractivity contribution in [3.8, 4) is 23.3 Å². The maximum absolute atomic E-state index is 11.8. The van der Waals surface area contributed by atoms with E-state index in [4.69, 9.17) is 4.74 Å². The van der Waals surface area contributed by atoms with Gasteiger partial charge in [0.2, 0.25) is 0 Å². The van der Waals surface area contributed by atoms with Gasteiger partial charge in [-0.15, -0.1) is 10.2 Å². The lowest BCUT2D eigenvalue weighted by molar-refractivity contribution is 0.292. The van der Waals surface area contributed by atoms with Crippen molar-refractivity contribution in [2.45, 2.75) is 43.2 Å². The first kappa shape index (κ1) is 26.9. The third kappa shape index (κ3) is 7.20. The van der Waals surface area contributed by atoms with Crippen molar-refractivity contribution in [1.82, 2.24) is 28.8 Å². The van der Waals surface area contributed by atoms with E-state index in [0.717, 1.165) is 39.1 Å². The number of ether oxygens (including phenoxy) is 1. The minimum absolute atomic E-state index is 0.0270. The molecule has 3 aromatic rings. The van der Waals surface area contributed by atoms with Crippen LogP contribution in [0.25, 0.3) is 5.69 Å². The van der Waals surface area contributed by atoms with Crippen molar-refractivity contribution in [3.63, 3.8) is 0 Å². The van der Waals surface area contributed by atoms with Gasteiger partial charge in [-0.3, -0.25) is 9.55 Å². The number of hydrogen-bond donors (Lipinski definition) is 1. The largest absolute Gasteiger partial charge is 0.486 e. The molecule has 9 nitrogen and oxygen atoms in total. The van der Waals surface area contributed by atoms with Crippen molar-refractivity contribution in [3.05, 3.63) is 71.8 Å². The Morgan fingerprint density at radius 2 is 2.14 bits per heavy atom. The van der Waals surface area contributed by atoms with Gasteiger partial charge in [-0.05, 0) is 62.1 Å². The van der Waals surface area contributed by atoms with E-state index in [1.54, 1.807) is 24.2 Å². The molecule has 0 saturated carbocycles. The van der Waals surface area contributed by atoms with Crippen LogP contribution in [-0.2, 0) is 16.8 Å². The second-order valence-corrected chi connectivity index (χ2v) is 11.8. The van der Waals surface area contributed by atoms with Crippen LogP contribution in [-0.4, -0.2) is 58.4 Å². The lowest BCUT2D eigenvalue weighted by Crippen LogP contribution is -2.35. The summed E-state index contributed by atoms with van der Waals surface area (Å²) in [7, 11) is -0.567. The molecule has 0 spiro atoms. The third-order valence-corrected chi connectivity index (χ3v) is 8.33. The molecule has 2 heterocycles. The Kier molecular flexibility index (Phi) is 9.00. The molecular formula is C26H30N6O3S2. The highest BCUT2D eigenvalue weighted by molar-refractivity contribution is 7.99. The number of nitrogens with zero attached hydrogens (tertiary/aromatic N) is 5. The fourth-order valence-electron chi connectivity index (χ4n) is 3.64. The number of benzene rings is 1. The van der Waals surface area contributed by atoms with Crippen LogP contribution < -0.4 is 9.46 Å². The lowest BCUT2D eigenvalue weighted by Gasteiger charge is -2.16. The SMILES string of the molecule is Cc1cc(OCc2nnc(SC3C=CCCC3)n2-c2cccnc2)ccc1C#CCNS(=O)(=O)N(C)C. The first-order valence-corrected chi connectivity index (χ1v) is 14.2. The predicted molar refractivity (Wildman–Crippen MR) is 145 cm³/mol. The van der Waals surface area contributed by atoms with Crippen LogP contribution in [0.5, 0.6) is 5.75 Å². The van der Waals surface area contributed by atoms with Crippen LogP contribution in [0.3, 0.4) is 0 Å². The van der Waals surface area contributed by atoms with Gasteiger partial charge in [0.25, 0.3) is 10.2 Å². The summed E-state index contributed by atoms with van der Waals surface area (Å²) in [6, 6.07) is 9.48. The molecule has 4 rings (SSSR count). The molecule has 11 heteroatoms. The van der Waals surface area contributed by atoms with Gasteiger partial charge in [-0.1, -0.05) is 35.8 Å². The number of allylic oxidation sites excluding steroid dienone is 1. The van der Waals surface area contributed by atoms with Crippen molar-refractivity contribution < 1.29 is 13.2 Å². The van der Waals surface area contributed by atoms with E-state index in [2.05, 4.69) is 43.9 Å². The van der Waals surface area contributed by atoms with E-state index in [9.17, 15) is 8.42 Å². The Balaban J connectivity index is 1.45. The number of thioether (sulfide) groups is 1. The molecule has 1 atom stereocenters. The number of aryl methyl sites for hydroxylation is 1. The number of nitrogens with one attached hydrogen (secondary N) is 1. The van der Waals surface area contributed by atoms with Crippen LogP contribution in [0.4, 0.5) is 0 Å². The van der Waals surface area contributed by atoms with Crippen molar-refractivity contribution in [2.75, 3.05) is 20.6 Å². The zero-order valence-electron chi connectivity index (χ0n) is 21.1. The van der Waals surface area contributed by atoms with Gasteiger partial charge >= 0.3 is 0 Å². The molecule has 0 saturated heterocycles. The summed E-state index contributed by atoms with van der Waals surface area (Å²) in [5.41, 5.74) is 2.61. The Morgan fingerprint density at radius 3 is 2.84 bits per heavy atom. The van der Waals surface area contributed by atoms with Gasteiger partial charge in [0.1, 0.15) is 12.4 Å². The summed E-state index contributed by atoms with van der Waals surface area (Å²) >= 11 is 1.70. The van der Waals surface area contributed by atoms with Gasteiger partial charge in [-0.25, -0.2) is 0 Å². The van der Waals surface area contributed by atoms with Gasteiger partial charge in [-0.2, -0.15) is 17.4 Å². The van der Waals surface area contributed by atoms with Crippen molar-refractivity contribution in [1.29, 1.82) is 0 Å². The zero-order chi connectivity index (χ0) is 26.3. The minimum atomic E-state index is -3.49. The summed E-state index contributed by atoms with van der Waals surface area (Å²) in [4.78, 5) is 4.27. The van der Waals surface area contributed by atoms with Crippen molar-refractivity contribution in [2.24, 2.45) is 0 Å². The summed E-state index contributed by atoms with van der Waals surface area (Å²) in [5, 5.41) is 10.1. The number of aromatic nitrogens is 4. The van der Waals surface area contributed by atoms with Crippen LogP contribution in [0.2, 0.25) is 0 Å². The predicted octanol–water partition coefficient (Wildman–Crippen LogP) is 3.50. The highest BCUT2D eigenvalue weighted by Crippen LogP contribution is 2.31. The fraction of sp³-hybridized carbons (Fsp3) is 0.346. The van der Waals surface area contributed by atoms with E-state index in [1.165, 1.54) is 20.5 Å². The van der Waals surface area contributed by atoms with E-state index in [0.29, 0.717) is 16.8 Å². The molecule has 1 aromatic carbocycles. The smallest absolute Gasteiger partial charge is 0.279 e. The van der Waals surface area contributed by atoms with Gasteiger partial charge < -0.3 is 4.74 Å². The average Bonchev–Trinajstić information content (AvgIpc) is 3.29. The topological polar surface area (TPSA) is 102 Å². The minimum Gasteiger partial charge on any atom is -0.486 e. The highest BCUT2D eigenvalue weighted by atomic mass is 32.2. The third-order valence-electron chi connectivity index (χ3n) is 5.68. The van der Waals surface area contributed by atoms with E-state index < -0.39 is 10.2 Å². The standard InChI is InChI=1S/C26H30N6O3S2/c1-20-17-23(14-13-21(20)9-7-16-28-37(33,34)31(2)3)35-19-25-29-30-26(36-24-11-5-4-6-12-24)32(25)22-10-8-15-27-18-22/h5,8,10-11,13-15,17-18,24,28H,4,6,12,16,19H2,1-3H3. The van der Waals surface area contributed by atoms with Crippen molar-refractivity contribution >= 4 is 22.0 Å². The summed E-state index contributed by atoms with van der Waals surface area (Å²) in [6.45, 7) is 2.20. The first-order valence-electron chi connectivity index (χ1n) is 11.9. The number of pyridine rings is 1. The number of hydrogen-bond acceptors (Lipinski definition) is 7. The van der Waals surface area contributed by atoms with Crippen LogP contribution in [0.15, 0.2) is 60.0 Å². The molecule has 1 N–H and O–H groups in total. The molecule has 1 aliphatic carbocycles. The molecule has 0 bridgehead atoms. The van der Waals surface area contributed by atoms with E-state index in [-0.39, 0.29) is 13.2 Å². The Bertz CT molecular complexity index is 1410. The van der Waals surface area contributed by atoms with Crippen LogP contribution >= 0.6 is 11.8 Å². The zero-order valence-corrected chi connectivity index (χ0v) is 22.7. The molecule has 2 aromatic heterocycles. The molecular weight excluding hydrogens is 508 g/mol. The quantitative estimate of drug-likeness (QED) is 0.329. The molecule has 0 aliphatic heterocycles. The second kappa shape index (κ2) is 12.4. The summed E-state index contributed by atoms with van der Waals surface area (Å²) < 4.78 is 35.1. The van der Waals surface area contributed by atoms with Gasteiger partial charge in [0.15, 0.2) is 11.0 Å². The van der Waals surface area contributed by atoms with E-state index in [1.807, 2.05) is 41.8 Å². The van der Waals surface area contributed by atoms with Crippen LogP contribution in [0, 0.1) is 18.8 Å². The second-order valence-electron chi connectivity index (χ2n) is 8.64. The summed E-state index contributed by atoms with van der Waals surface area (Å²) in [6.07, 6.45) is 11.4. The van der Waals surface area contributed by atoms with E-state index >= 15 is 0 Å². The maximum Gasteiger partial charge on any atom is 0.279 e. The summed E-state index contributed by atoms with van der Waals surface area (Å²) in [5.74, 6) is 7.22. The molecule has 194 valence electrons. The maximum atomic E-state index is 11.8. The monoisotopic (exact) mass is 538 g/mol. The van der Waals surface area contributed by atoms with Crippen LogP contribution in [0.1, 0.15) is 36.2 Å². The molecule has 0 amide bonds. The van der Waals surface area contributed by atoms with Gasteiger partial charge in [0, 0.05) is 31.1 Å². The first-order chi connectivity index (χ1) is 17.8. The Morgan fingerprint density at radius 1 is 1.27 bits per heavy atom. The Hall–Kier alpha value is -3.17. The fourth-order valence-corrected chi connectivity index (χ4v) is 5.30. The Labute approximate surface area is 222 Å². The lowest BCUT2D eigenvalue weighted by atomic mass is 10.1.